The van der Waals surface area contributed by atoms with Crippen LogP contribution in [0.15, 0.2) is 36.4 Å². The molecule has 0 bridgehead atoms. The van der Waals surface area contributed by atoms with E-state index < -0.39 is 0 Å². The molecular formula is C18H23NO3. The Morgan fingerprint density at radius 2 is 2.00 bits per heavy atom. The van der Waals surface area contributed by atoms with Crippen molar-refractivity contribution < 1.29 is 14.3 Å². The fraction of sp³-hybridized carbons (Fsp3) is 0.500. The summed E-state index contributed by atoms with van der Waals surface area (Å²) in [6, 6.07) is 9.78. The van der Waals surface area contributed by atoms with Crippen LogP contribution in [-0.4, -0.2) is 30.9 Å². The van der Waals surface area contributed by atoms with Crippen molar-refractivity contribution in [3.63, 3.8) is 0 Å². The number of carbonyl (C=O) groups is 1. The molecule has 1 atom stereocenters. The monoisotopic (exact) mass is 301 g/mol. The second-order valence-electron chi connectivity index (χ2n) is 6.01. The van der Waals surface area contributed by atoms with Gasteiger partial charge in [-0.15, -0.1) is 0 Å². The zero-order valence-electron chi connectivity index (χ0n) is 12.8. The van der Waals surface area contributed by atoms with Crippen LogP contribution in [0.2, 0.25) is 0 Å². The highest BCUT2D eigenvalue weighted by atomic mass is 16.7. The molecule has 1 saturated carbocycles. The van der Waals surface area contributed by atoms with E-state index >= 15 is 0 Å². The third kappa shape index (κ3) is 3.96. The van der Waals surface area contributed by atoms with E-state index in [-0.39, 0.29) is 17.8 Å². The highest BCUT2D eigenvalue weighted by Gasteiger charge is 2.42. The number of hydrogen-bond acceptors (Lipinski definition) is 3. The van der Waals surface area contributed by atoms with Crippen LogP contribution in [0.25, 0.3) is 6.08 Å². The summed E-state index contributed by atoms with van der Waals surface area (Å²) in [5, 5.41) is 2.89. The fourth-order valence-electron chi connectivity index (χ4n) is 3.08. The quantitative estimate of drug-likeness (QED) is 0.870. The Labute approximate surface area is 131 Å². The minimum Gasteiger partial charge on any atom is -0.350 e. The topological polar surface area (TPSA) is 47.6 Å². The van der Waals surface area contributed by atoms with Gasteiger partial charge in [-0.1, -0.05) is 36.8 Å². The summed E-state index contributed by atoms with van der Waals surface area (Å²) in [6.45, 7) is 1.07. The van der Waals surface area contributed by atoms with Gasteiger partial charge in [0.05, 0.1) is 6.61 Å². The average molecular weight is 301 g/mol. The van der Waals surface area contributed by atoms with Crippen molar-refractivity contribution in [2.24, 2.45) is 0 Å². The molecule has 1 N–H and O–H groups in total. The van der Waals surface area contributed by atoms with Crippen LogP contribution in [0.1, 0.15) is 37.7 Å². The number of carbonyl (C=O) groups excluding carboxylic acids is 1. The number of benzene rings is 1. The van der Waals surface area contributed by atoms with E-state index in [1.807, 2.05) is 36.4 Å². The van der Waals surface area contributed by atoms with Crippen molar-refractivity contribution in [1.29, 1.82) is 0 Å². The maximum absolute atomic E-state index is 11.8. The van der Waals surface area contributed by atoms with Crippen molar-refractivity contribution in [2.45, 2.75) is 44.0 Å². The first-order valence-electron chi connectivity index (χ1n) is 8.09. The van der Waals surface area contributed by atoms with E-state index in [0.29, 0.717) is 13.2 Å². The maximum Gasteiger partial charge on any atom is 0.244 e. The largest absolute Gasteiger partial charge is 0.350 e. The van der Waals surface area contributed by atoms with Crippen LogP contribution < -0.4 is 5.32 Å². The van der Waals surface area contributed by atoms with Gasteiger partial charge in [0.2, 0.25) is 5.91 Å². The number of rotatable bonds is 4. The fourth-order valence-corrected chi connectivity index (χ4v) is 3.08. The third-order valence-corrected chi connectivity index (χ3v) is 4.26. The van der Waals surface area contributed by atoms with Gasteiger partial charge in [0.25, 0.3) is 0 Å². The molecule has 22 heavy (non-hydrogen) atoms. The zero-order chi connectivity index (χ0) is 15.3. The van der Waals surface area contributed by atoms with Crippen molar-refractivity contribution in [3.8, 4) is 0 Å². The van der Waals surface area contributed by atoms with E-state index in [1.165, 1.54) is 19.3 Å². The lowest BCUT2D eigenvalue weighted by Crippen LogP contribution is -2.36. The van der Waals surface area contributed by atoms with Crippen LogP contribution in [-0.2, 0) is 14.3 Å². The number of amides is 1. The Kier molecular flexibility index (Phi) is 4.90. The van der Waals surface area contributed by atoms with Gasteiger partial charge in [0.1, 0.15) is 6.10 Å². The molecule has 1 heterocycles. The standard InChI is InChI=1S/C18H23NO3/c20-17(10-9-15-7-3-1-4-8-15)19-13-16-14-21-18(22-16)11-5-2-6-12-18/h1,3-4,7-10,16H,2,5-6,11-14H2,(H,19,20)/b10-9+/t16-/m1/s1. The van der Waals surface area contributed by atoms with Gasteiger partial charge >= 0.3 is 0 Å². The molecule has 0 radical (unpaired) electrons. The van der Waals surface area contributed by atoms with Gasteiger partial charge < -0.3 is 14.8 Å². The molecule has 1 amide bonds. The van der Waals surface area contributed by atoms with Gasteiger partial charge in [-0.2, -0.15) is 0 Å². The highest BCUT2D eigenvalue weighted by Crippen LogP contribution is 2.37. The Hall–Kier alpha value is -1.65. The van der Waals surface area contributed by atoms with Crippen LogP contribution >= 0.6 is 0 Å². The SMILES string of the molecule is O=C(/C=C/c1ccccc1)NC[C@@H]1COC2(CCCCC2)O1. The Morgan fingerprint density at radius 3 is 2.77 bits per heavy atom. The van der Waals surface area contributed by atoms with E-state index in [4.69, 9.17) is 9.47 Å². The lowest BCUT2D eigenvalue weighted by atomic mass is 9.94. The second-order valence-corrected chi connectivity index (χ2v) is 6.01. The smallest absolute Gasteiger partial charge is 0.244 e. The summed E-state index contributed by atoms with van der Waals surface area (Å²) in [6.07, 6.45) is 8.88. The Balaban J connectivity index is 1.43. The van der Waals surface area contributed by atoms with Gasteiger partial charge in [-0.25, -0.2) is 0 Å². The Bertz CT molecular complexity index is 520. The van der Waals surface area contributed by atoms with Crippen molar-refractivity contribution in [2.75, 3.05) is 13.2 Å². The molecule has 1 aliphatic heterocycles. The van der Waals surface area contributed by atoms with Crippen LogP contribution in [0.3, 0.4) is 0 Å². The summed E-state index contributed by atoms with van der Waals surface area (Å²) in [5.41, 5.74) is 1.01. The molecule has 0 aromatic heterocycles. The highest BCUT2D eigenvalue weighted by molar-refractivity contribution is 5.91. The maximum atomic E-state index is 11.8. The molecule has 1 saturated heterocycles. The van der Waals surface area contributed by atoms with E-state index in [0.717, 1.165) is 18.4 Å². The van der Waals surface area contributed by atoms with Crippen molar-refractivity contribution in [3.05, 3.63) is 42.0 Å². The third-order valence-electron chi connectivity index (χ3n) is 4.26. The van der Waals surface area contributed by atoms with E-state index in [9.17, 15) is 4.79 Å². The first-order valence-corrected chi connectivity index (χ1v) is 8.09. The molecule has 2 aliphatic rings. The lowest BCUT2D eigenvalue weighted by Gasteiger charge is -2.31. The van der Waals surface area contributed by atoms with Gasteiger partial charge in [0.15, 0.2) is 5.79 Å². The minimum absolute atomic E-state index is 0.0350. The first kappa shape index (κ1) is 15.3. The normalized spacial score (nSPS) is 23.9. The molecule has 0 unspecified atom stereocenters. The summed E-state index contributed by atoms with van der Waals surface area (Å²) in [5.74, 6) is -0.467. The number of ether oxygens (including phenoxy) is 2. The molecule has 2 fully saturated rings. The first-order chi connectivity index (χ1) is 10.8. The van der Waals surface area contributed by atoms with Crippen LogP contribution in [0.5, 0.6) is 0 Å². The molecule has 3 rings (SSSR count). The molecule has 1 aromatic carbocycles. The molecule has 1 aromatic rings. The van der Waals surface area contributed by atoms with E-state index in [2.05, 4.69) is 5.32 Å². The minimum atomic E-state index is -0.368. The predicted molar refractivity (Wildman–Crippen MR) is 85.1 cm³/mol. The Morgan fingerprint density at radius 1 is 1.23 bits per heavy atom. The molecule has 4 heteroatoms. The van der Waals surface area contributed by atoms with Crippen LogP contribution in [0.4, 0.5) is 0 Å². The number of nitrogens with one attached hydrogen (secondary N) is 1. The summed E-state index contributed by atoms with van der Waals surface area (Å²) < 4.78 is 11.9. The summed E-state index contributed by atoms with van der Waals surface area (Å²) in [4.78, 5) is 11.8. The zero-order valence-corrected chi connectivity index (χ0v) is 12.8. The van der Waals surface area contributed by atoms with Gasteiger partial charge in [0, 0.05) is 25.5 Å². The van der Waals surface area contributed by atoms with Gasteiger partial charge in [-0.3, -0.25) is 4.79 Å². The van der Waals surface area contributed by atoms with Crippen molar-refractivity contribution in [1.82, 2.24) is 5.32 Å². The van der Waals surface area contributed by atoms with E-state index in [1.54, 1.807) is 6.08 Å². The molecular weight excluding hydrogens is 278 g/mol. The number of hydrogen-bond donors (Lipinski definition) is 1. The molecule has 1 spiro atoms. The molecule has 4 nitrogen and oxygen atoms in total. The van der Waals surface area contributed by atoms with Crippen LogP contribution in [0, 0.1) is 0 Å². The predicted octanol–water partition coefficient (Wildman–Crippen LogP) is 2.89. The molecule has 118 valence electrons. The second kappa shape index (κ2) is 7.07. The van der Waals surface area contributed by atoms with Crippen molar-refractivity contribution >= 4 is 12.0 Å². The average Bonchev–Trinajstić information content (AvgIpc) is 2.95. The van der Waals surface area contributed by atoms with Gasteiger partial charge in [-0.05, 0) is 24.5 Å². The summed E-state index contributed by atoms with van der Waals surface area (Å²) in [7, 11) is 0. The molecule has 1 aliphatic carbocycles. The summed E-state index contributed by atoms with van der Waals surface area (Å²) >= 11 is 0. The lowest BCUT2D eigenvalue weighted by molar-refractivity contribution is -0.186.